The number of hydrogen-bond acceptors (Lipinski definition) is 5. The molecule has 2 aromatic heterocycles. The Labute approximate surface area is 163 Å². The Morgan fingerprint density at radius 2 is 2.00 bits per heavy atom. The third-order valence-electron chi connectivity index (χ3n) is 4.74. The first-order valence-corrected chi connectivity index (χ1v) is 10.1. The SMILES string of the molecule is O=C1CCCN1C[C@@H](NCc1csc(-c2ccccn2)n1)c1ccccc1. The van der Waals surface area contributed by atoms with Crippen LogP contribution in [-0.2, 0) is 11.3 Å². The Bertz CT molecular complexity index is 881. The van der Waals surface area contributed by atoms with E-state index in [0.29, 0.717) is 19.5 Å². The van der Waals surface area contributed by atoms with Crippen LogP contribution in [0.1, 0.15) is 30.1 Å². The fourth-order valence-electron chi connectivity index (χ4n) is 3.31. The molecule has 1 aliphatic heterocycles. The van der Waals surface area contributed by atoms with Crippen molar-refractivity contribution in [1.82, 2.24) is 20.2 Å². The molecule has 0 aliphatic carbocycles. The molecule has 1 fully saturated rings. The number of nitrogens with one attached hydrogen (secondary N) is 1. The van der Waals surface area contributed by atoms with Crippen molar-refractivity contribution in [2.75, 3.05) is 13.1 Å². The number of hydrogen-bond donors (Lipinski definition) is 1. The molecule has 0 spiro atoms. The molecule has 5 nitrogen and oxygen atoms in total. The van der Waals surface area contributed by atoms with Crippen molar-refractivity contribution in [3.8, 4) is 10.7 Å². The van der Waals surface area contributed by atoms with Gasteiger partial charge in [-0.1, -0.05) is 36.4 Å². The maximum absolute atomic E-state index is 12.1. The van der Waals surface area contributed by atoms with Crippen LogP contribution >= 0.6 is 11.3 Å². The number of amides is 1. The quantitative estimate of drug-likeness (QED) is 0.682. The molecular formula is C21H22N4OS. The van der Waals surface area contributed by atoms with Crippen molar-refractivity contribution >= 4 is 17.2 Å². The van der Waals surface area contributed by atoms with E-state index in [1.54, 1.807) is 17.5 Å². The lowest BCUT2D eigenvalue weighted by Crippen LogP contribution is -2.35. The normalized spacial score (nSPS) is 15.3. The Morgan fingerprint density at radius 1 is 1.15 bits per heavy atom. The van der Waals surface area contributed by atoms with Crippen LogP contribution in [-0.4, -0.2) is 33.9 Å². The largest absolute Gasteiger partial charge is 0.341 e. The summed E-state index contributed by atoms with van der Waals surface area (Å²) in [6.07, 6.45) is 3.41. The van der Waals surface area contributed by atoms with Gasteiger partial charge in [-0.15, -0.1) is 11.3 Å². The second-order valence-electron chi connectivity index (χ2n) is 6.65. The average Bonchev–Trinajstić information content (AvgIpc) is 3.36. The molecule has 0 saturated carbocycles. The van der Waals surface area contributed by atoms with Crippen LogP contribution in [0.25, 0.3) is 10.7 Å². The Kier molecular flexibility index (Phi) is 5.55. The van der Waals surface area contributed by atoms with E-state index >= 15 is 0 Å². The second kappa shape index (κ2) is 8.41. The highest BCUT2D eigenvalue weighted by molar-refractivity contribution is 7.13. The van der Waals surface area contributed by atoms with E-state index in [4.69, 9.17) is 4.98 Å². The molecule has 1 amide bonds. The zero-order chi connectivity index (χ0) is 18.5. The Morgan fingerprint density at radius 3 is 2.74 bits per heavy atom. The topological polar surface area (TPSA) is 58.1 Å². The third-order valence-corrected chi connectivity index (χ3v) is 5.66. The summed E-state index contributed by atoms with van der Waals surface area (Å²) in [4.78, 5) is 23.1. The van der Waals surface area contributed by atoms with Gasteiger partial charge in [0.25, 0.3) is 0 Å². The fraction of sp³-hybridized carbons (Fsp3) is 0.286. The molecule has 1 N–H and O–H groups in total. The second-order valence-corrected chi connectivity index (χ2v) is 7.50. The number of thiazole rings is 1. The van der Waals surface area contributed by atoms with Gasteiger partial charge in [-0.05, 0) is 24.1 Å². The van der Waals surface area contributed by atoms with Crippen molar-refractivity contribution < 1.29 is 4.79 Å². The number of carbonyl (C=O) groups is 1. The van der Waals surface area contributed by atoms with Crippen molar-refractivity contribution in [3.63, 3.8) is 0 Å². The van der Waals surface area contributed by atoms with Crippen molar-refractivity contribution in [3.05, 3.63) is 71.4 Å². The number of pyridine rings is 1. The first-order valence-electron chi connectivity index (χ1n) is 9.21. The number of aromatic nitrogens is 2. The van der Waals surface area contributed by atoms with Gasteiger partial charge in [-0.3, -0.25) is 9.78 Å². The molecule has 6 heteroatoms. The lowest BCUT2D eigenvalue weighted by atomic mass is 10.1. The lowest BCUT2D eigenvalue weighted by Gasteiger charge is -2.25. The van der Waals surface area contributed by atoms with Crippen LogP contribution in [0.5, 0.6) is 0 Å². The molecule has 4 rings (SSSR count). The Hall–Kier alpha value is -2.57. The highest BCUT2D eigenvalue weighted by Gasteiger charge is 2.24. The van der Waals surface area contributed by atoms with Crippen LogP contribution in [0.2, 0.25) is 0 Å². The van der Waals surface area contributed by atoms with Gasteiger partial charge in [-0.25, -0.2) is 4.98 Å². The zero-order valence-corrected chi connectivity index (χ0v) is 15.9. The smallest absolute Gasteiger partial charge is 0.222 e. The van der Waals surface area contributed by atoms with E-state index < -0.39 is 0 Å². The van der Waals surface area contributed by atoms with Crippen LogP contribution in [0.3, 0.4) is 0 Å². The van der Waals surface area contributed by atoms with Gasteiger partial charge in [0.15, 0.2) is 0 Å². The first kappa shape index (κ1) is 17.8. The molecule has 3 heterocycles. The molecular weight excluding hydrogens is 356 g/mol. The minimum atomic E-state index is 0.0910. The number of likely N-dealkylation sites (tertiary alicyclic amines) is 1. The summed E-state index contributed by atoms with van der Waals surface area (Å²) >= 11 is 1.61. The molecule has 0 unspecified atom stereocenters. The summed E-state index contributed by atoms with van der Waals surface area (Å²) in [5, 5.41) is 6.59. The van der Waals surface area contributed by atoms with E-state index in [9.17, 15) is 4.79 Å². The van der Waals surface area contributed by atoms with E-state index in [1.165, 1.54) is 5.56 Å². The molecule has 138 valence electrons. The fourth-order valence-corrected chi connectivity index (χ4v) is 4.11. The number of carbonyl (C=O) groups excluding carboxylic acids is 1. The number of nitrogens with zero attached hydrogens (tertiary/aromatic N) is 3. The van der Waals surface area contributed by atoms with Crippen molar-refractivity contribution in [1.29, 1.82) is 0 Å². The summed E-state index contributed by atoms with van der Waals surface area (Å²) in [5.74, 6) is 0.254. The van der Waals surface area contributed by atoms with E-state index in [1.807, 2.05) is 41.3 Å². The predicted octanol–water partition coefficient (Wildman–Crippen LogP) is 3.66. The molecule has 27 heavy (non-hydrogen) atoms. The van der Waals surface area contributed by atoms with Gasteiger partial charge in [0, 0.05) is 37.6 Å². The maximum Gasteiger partial charge on any atom is 0.222 e. The molecule has 1 aliphatic rings. The van der Waals surface area contributed by atoms with Gasteiger partial charge in [0.1, 0.15) is 5.01 Å². The van der Waals surface area contributed by atoms with Gasteiger partial charge in [0.05, 0.1) is 17.4 Å². The van der Waals surface area contributed by atoms with Gasteiger partial charge < -0.3 is 10.2 Å². The first-order chi connectivity index (χ1) is 13.3. The number of benzene rings is 1. The van der Waals surface area contributed by atoms with Crippen LogP contribution in [0.15, 0.2) is 60.1 Å². The summed E-state index contributed by atoms with van der Waals surface area (Å²) in [6, 6.07) is 16.3. The lowest BCUT2D eigenvalue weighted by molar-refractivity contribution is -0.128. The summed E-state index contributed by atoms with van der Waals surface area (Å²) in [6.45, 7) is 2.20. The molecule has 1 saturated heterocycles. The average molecular weight is 379 g/mol. The molecule has 1 aromatic carbocycles. The molecule has 1 atom stereocenters. The van der Waals surface area contributed by atoms with E-state index in [2.05, 4.69) is 27.8 Å². The van der Waals surface area contributed by atoms with Crippen molar-refractivity contribution in [2.24, 2.45) is 0 Å². The van der Waals surface area contributed by atoms with E-state index in [0.717, 1.165) is 29.4 Å². The standard InChI is InChI=1S/C21H22N4OS/c26-20-10-6-12-25(20)14-19(16-7-2-1-3-8-16)23-13-17-15-27-21(24-17)18-9-4-5-11-22-18/h1-5,7-9,11,15,19,23H,6,10,12-14H2/t19-/m1/s1. The predicted molar refractivity (Wildman–Crippen MR) is 107 cm³/mol. The molecule has 0 radical (unpaired) electrons. The maximum atomic E-state index is 12.1. The highest BCUT2D eigenvalue weighted by Crippen LogP contribution is 2.23. The van der Waals surface area contributed by atoms with Crippen LogP contribution in [0, 0.1) is 0 Å². The summed E-state index contributed by atoms with van der Waals surface area (Å²) in [7, 11) is 0. The highest BCUT2D eigenvalue weighted by atomic mass is 32.1. The van der Waals surface area contributed by atoms with Gasteiger partial charge in [-0.2, -0.15) is 0 Å². The van der Waals surface area contributed by atoms with Gasteiger partial charge >= 0.3 is 0 Å². The minimum absolute atomic E-state index is 0.0910. The Balaban J connectivity index is 1.45. The van der Waals surface area contributed by atoms with Crippen molar-refractivity contribution in [2.45, 2.75) is 25.4 Å². The minimum Gasteiger partial charge on any atom is -0.341 e. The van der Waals surface area contributed by atoms with Crippen LogP contribution < -0.4 is 5.32 Å². The number of rotatable bonds is 7. The summed E-state index contributed by atoms with van der Waals surface area (Å²) in [5.41, 5.74) is 3.09. The van der Waals surface area contributed by atoms with E-state index in [-0.39, 0.29) is 11.9 Å². The molecule has 3 aromatic rings. The van der Waals surface area contributed by atoms with Crippen LogP contribution in [0.4, 0.5) is 0 Å². The summed E-state index contributed by atoms with van der Waals surface area (Å²) < 4.78 is 0. The third kappa shape index (κ3) is 4.40. The monoisotopic (exact) mass is 378 g/mol. The van der Waals surface area contributed by atoms with Gasteiger partial charge in [0.2, 0.25) is 5.91 Å². The molecule has 0 bridgehead atoms. The zero-order valence-electron chi connectivity index (χ0n) is 15.0.